The molecule has 98 valence electrons. The standard InChI is InChI=1S/C13H22BrNO2/c1-2-17-12-5-11(6-12)7-13(16)15-4-3-10(8-14)9-15/h10-12H,2-9H2,1H3. The molecule has 3 nitrogen and oxygen atoms in total. The molecule has 17 heavy (non-hydrogen) atoms. The van der Waals surface area contributed by atoms with Gasteiger partial charge in [0.25, 0.3) is 0 Å². The Balaban J connectivity index is 1.65. The highest BCUT2D eigenvalue weighted by molar-refractivity contribution is 9.09. The lowest BCUT2D eigenvalue weighted by atomic mass is 9.80. The van der Waals surface area contributed by atoms with Gasteiger partial charge in [0, 0.05) is 31.4 Å². The fraction of sp³-hybridized carbons (Fsp3) is 0.923. The van der Waals surface area contributed by atoms with Crippen LogP contribution in [-0.2, 0) is 9.53 Å². The average Bonchev–Trinajstić information content (AvgIpc) is 2.74. The van der Waals surface area contributed by atoms with Gasteiger partial charge in [-0.2, -0.15) is 0 Å². The van der Waals surface area contributed by atoms with Crippen LogP contribution in [0.4, 0.5) is 0 Å². The molecule has 2 rings (SSSR count). The van der Waals surface area contributed by atoms with Crippen molar-refractivity contribution in [2.75, 3.05) is 25.0 Å². The first-order valence-corrected chi connectivity index (χ1v) is 7.80. The number of hydrogen-bond donors (Lipinski definition) is 0. The molecule has 2 fully saturated rings. The second-order valence-corrected chi connectivity index (χ2v) is 5.92. The first kappa shape index (κ1) is 13.3. The Kier molecular flexibility index (Phi) is 4.86. The van der Waals surface area contributed by atoms with Crippen LogP contribution in [0.2, 0.25) is 0 Å². The Morgan fingerprint density at radius 2 is 2.18 bits per heavy atom. The van der Waals surface area contributed by atoms with Crippen LogP contribution in [0.5, 0.6) is 0 Å². The molecule has 0 spiro atoms. The number of amides is 1. The molecule has 0 aromatic carbocycles. The third-order valence-electron chi connectivity index (χ3n) is 3.91. The van der Waals surface area contributed by atoms with Crippen LogP contribution in [0.25, 0.3) is 0 Å². The number of carbonyl (C=O) groups excluding carboxylic acids is 1. The molecule has 0 bridgehead atoms. The van der Waals surface area contributed by atoms with Gasteiger partial charge in [-0.3, -0.25) is 4.79 Å². The number of carbonyl (C=O) groups is 1. The first-order valence-electron chi connectivity index (χ1n) is 6.68. The highest BCUT2D eigenvalue weighted by Crippen LogP contribution is 2.33. The maximum atomic E-state index is 12.0. The van der Waals surface area contributed by atoms with E-state index in [1.54, 1.807) is 0 Å². The molecule has 4 heteroatoms. The van der Waals surface area contributed by atoms with Gasteiger partial charge in [-0.25, -0.2) is 0 Å². The minimum Gasteiger partial charge on any atom is -0.378 e. The summed E-state index contributed by atoms with van der Waals surface area (Å²) in [6.07, 6.45) is 4.47. The number of hydrogen-bond acceptors (Lipinski definition) is 2. The van der Waals surface area contributed by atoms with E-state index in [9.17, 15) is 4.79 Å². The smallest absolute Gasteiger partial charge is 0.222 e. The quantitative estimate of drug-likeness (QED) is 0.730. The Morgan fingerprint density at radius 1 is 1.41 bits per heavy atom. The zero-order valence-corrected chi connectivity index (χ0v) is 12.1. The summed E-state index contributed by atoms with van der Waals surface area (Å²) in [5.74, 6) is 1.59. The number of likely N-dealkylation sites (tertiary alicyclic amines) is 1. The lowest BCUT2D eigenvalue weighted by molar-refractivity contribution is -0.133. The molecule has 1 aliphatic carbocycles. The van der Waals surface area contributed by atoms with Crippen molar-refractivity contribution in [3.63, 3.8) is 0 Å². The van der Waals surface area contributed by atoms with E-state index in [2.05, 4.69) is 15.9 Å². The van der Waals surface area contributed by atoms with Crippen LogP contribution < -0.4 is 0 Å². The van der Waals surface area contributed by atoms with E-state index in [0.29, 0.717) is 23.8 Å². The highest BCUT2D eigenvalue weighted by Gasteiger charge is 2.33. The molecular weight excluding hydrogens is 282 g/mol. The Labute approximate surface area is 112 Å². The van der Waals surface area contributed by atoms with Crippen molar-refractivity contribution in [1.82, 2.24) is 4.90 Å². The van der Waals surface area contributed by atoms with Gasteiger partial charge in [-0.1, -0.05) is 15.9 Å². The van der Waals surface area contributed by atoms with Gasteiger partial charge in [0.2, 0.25) is 5.91 Å². The summed E-state index contributed by atoms with van der Waals surface area (Å²) >= 11 is 3.50. The zero-order valence-electron chi connectivity index (χ0n) is 10.5. The van der Waals surface area contributed by atoms with Crippen LogP contribution in [0.15, 0.2) is 0 Å². The summed E-state index contributed by atoms with van der Waals surface area (Å²) in [5.41, 5.74) is 0. The predicted octanol–water partition coefficient (Wildman–Crippen LogP) is 2.44. The topological polar surface area (TPSA) is 29.5 Å². The zero-order chi connectivity index (χ0) is 12.3. The second kappa shape index (κ2) is 6.19. The van der Waals surface area contributed by atoms with Crippen molar-refractivity contribution in [2.24, 2.45) is 11.8 Å². The molecule has 1 unspecified atom stereocenters. The van der Waals surface area contributed by atoms with E-state index >= 15 is 0 Å². The Hall–Kier alpha value is -0.0900. The van der Waals surface area contributed by atoms with Crippen LogP contribution in [0.3, 0.4) is 0 Å². The minimum absolute atomic E-state index is 0.355. The van der Waals surface area contributed by atoms with Crippen LogP contribution in [0.1, 0.15) is 32.6 Å². The molecule has 1 aliphatic heterocycles. The maximum Gasteiger partial charge on any atom is 0.222 e. The van der Waals surface area contributed by atoms with Gasteiger partial charge in [0.05, 0.1) is 6.10 Å². The minimum atomic E-state index is 0.355. The maximum absolute atomic E-state index is 12.0. The molecule has 2 aliphatic rings. The molecule has 1 saturated carbocycles. The molecule has 0 aromatic heterocycles. The van der Waals surface area contributed by atoms with Crippen LogP contribution in [-0.4, -0.2) is 41.9 Å². The highest BCUT2D eigenvalue weighted by atomic mass is 79.9. The van der Waals surface area contributed by atoms with Crippen LogP contribution in [0, 0.1) is 11.8 Å². The number of nitrogens with zero attached hydrogens (tertiary/aromatic N) is 1. The molecule has 1 saturated heterocycles. The van der Waals surface area contributed by atoms with Crippen molar-refractivity contribution < 1.29 is 9.53 Å². The van der Waals surface area contributed by atoms with Crippen molar-refractivity contribution in [3.8, 4) is 0 Å². The van der Waals surface area contributed by atoms with E-state index in [1.165, 1.54) is 0 Å². The van der Waals surface area contributed by atoms with Crippen LogP contribution >= 0.6 is 15.9 Å². The van der Waals surface area contributed by atoms with Crippen molar-refractivity contribution in [3.05, 3.63) is 0 Å². The van der Waals surface area contributed by atoms with E-state index in [1.807, 2.05) is 11.8 Å². The van der Waals surface area contributed by atoms with Gasteiger partial charge in [0.15, 0.2) is 0 Å². The third-order valence-corrected chi connectivity index (χ3v) is 4.83. The second-order valence-electron chi connectivity index (χ2n) is 5.27. The summed E-state index contributed by atoms with van der Waals surface area (Å²) in [7, 11) is 0. The fourth-order valence-electron chi connectivity index (χ4n) is 2.77. The summed E-state index contributed by atoms with van der Waals surface area (Å²) in [5, 5.41) is 1.02. The molecular formula is C13H22BrNO2. The van der Waals surface area contributed by atoms with Crippen molar-refractivity contribution in [2.45, 2.75) is 38.7 Å². The van der Waals surface area contributed by atoms with Gasteiger partial charge < -0.3 is 9.64 Å². The molecule has 1 amide bonds. The lowest BCUT2D eigenvalue weighted by Crippen LogP contribution is -2.37. The SMILES string of the molecule is CCOC1CC(CC(=O)N2CCC(CBr)C2)C1. The third kappa shape index (κ3) is 3.44. The summed E-state index contributed by atoms with van der Waals surface area (Å²) in [6.45, 7) is 4.73. The fourth-order valence-corrected chi connectivity index (χ4v) is 3.30. The monoisotopic (exact) mass is 303 g/mol. The van der Waals surface area contributed by atoms with E-state index < -0.39 is 0 Å². The molecule has 1 atom stereocenters. The van der Waals surface area contributed by atoms with Gasteiger partial charge in [0.1, 0.15) is 0 Å². The number of ether oxygens (including phenoxy) is 1. The molecule has 0 aromatic rings. The molecule has 0 N–H and O–H groups in total. The number of alkyl halides is 1. The number of halogens is 1. The van der Waals surface area contributed by atoms with Gasteiger partial charge >= 0.3 is 0 Å². The molecule has 1 heterocycles. The Morgan fingerprint density at radius 3 is 2.76 bits per heavy atom. The van der Waals surface area contributed by atoms with E-state index in [4.69, 9.17) is 4.74 Å². The summed E-state index contributed by atoms with van der Waals surface area (Å²) in [4.78, 5) is 14.1. The summed E-state index contributed by atoms with van der Waals surface area (Å²) < 4.78 is 5.52. The van der Waals surface area contributed by atoms with Gasteiger partial charge in [-0.05, 0) is 38.0 Å². The first-order chi connectivity index (χ1) is 8.22. The number of rotatable bonds is 5. The average molecular weight is 304 g/mol. The van der Waals surface area contributed by atoms with Crippen molar-refractivity contribution >= 4 is 21.8 Å². The van der Waals surface area contributed by atoms with E-state index in [-0.39, 0.29) is 0 Å². The normalized spacial score (nSPS) is 32.6. The van der Waals surface area contributed by atoms with E-state index in [0.717, 1.165) is 50.7 Å². The molecule has 0 radical (unpaired) electrons. The lowest BCUT2D eigenvalue weighted by Gasteiger charge is -2.35. The summed E-state index contributed by atoms with van der Waals surface area (Å²) in [6, 6.07) is 0. The van der Waals surface area contributed by atoms with Gasteiger partial charge in [-0.15, -0.1) is 0 Å². The largest absolute Gasteiger partial charge is 0.378 e. The van der Waals surface area contributed by atoms with Crippen molar-refractivity contribution in [1.29, 1.82) is 0 Å². The Bertz CT molecular complexity index is 266. The predicted molar refractivity (Wildman–Crippen MR) is 71.2 cm³/mol.